The molecule has 1 aliphatic heterocycles. The summed E-state index contributed by atoms with van der Waals surface area (Å²) < 4.78 is 8.66. The van der Waals surface area contributed by atoms with Gasteiger partial charge in [-0.25, -0.2) is 4.98 Å². The summed E-state index contributed by atoms with van der Waals surface area (Å²) in [6.45, 7) is 3.75. The SMILES string of the molecule is CCCn1c(-c2cccc3c2-c2ccccc2C32c3ccccc3-c3c2ccc2c3-c3ccccc3OC2)nc2ccccc21. The summed E-state index contributed by atoms with van der Waals surface area (Å²) in [5.41, 5.74) is 17.4. The molecule has 3 aliphatic rings. The highest BCUT2D eigenvalue weighted by Gasteiger charge is 2.53. The molecule has 3 heteroatoms. The average Bonchev–Trinajstić information content (AvgIpc) is 3.72. The smallest absolute Gasteiger partial charge is 0.141 e. The van der Waals surface area contributed by atoms with Gasteiger partial charge >= 0.3 is 0 Å². The van der Waals surface area contributed by atoms with Crippen molar-refractivity contribution in [2.24, 2.45) is 0 Å². The molecule has 45 heavy (non-hydrogen) atoms. The van der Waals surface area contributed by atoms with Crippen LogP contribution in [-0.4, -0.2) is 9.55 Å². The van der Waals surface area contributed by atoms with Gasteiger partial charge in [0.25, 0.3) is 0 Å². The third-order valence-corrected chi connectivity index (χ3v) is 10.2. The molecule has 0 saturated carbocycles. The minimum Gasteiger partial charge on any atom is -0.488 e. The lowest BCUT2D eigenvalue weighted by Gasteiger charge is -2.31. The molecule has 7 aromatic rings. The summed E-state index contributed by atoms with van der Waals surface area (Å²) in [4.78, 5) is 5.29. The standard InChI is InChI=1S/C42H30N2O/c1-2-24-44-36-20-9-8-19-35(36)43-41(44)30-15-11-18-33-39(30)27-12-3-6-16-31(27)42(33)32-17-7-4-13-28(32)40-34(42)23-22-26-25-45-37-21-10-5-14-29(37)38(26)40/h3-23H,2,24-25H2,1H3. The number of ether oxygens (including phenoxy) is 1. The number of hydrogen-bond acceptors (Lipinski definition) is 2. The van der Waals surface area contributed by atoms with Crippen LogP contribution in [-0.2, 0) is 18.6 Å². The molecule has 6 aromatic carbocycles. The van der Waals surface area contributed by atoms with Crippen molar-refractivity contribution in [3.8, 4) is 50.5 Å². The van der Waals surface area contributed by atoms with E-state index in [0.717, 1.165) is 30.1 Å². The maximum absolute atomic E-state index is 6.24. The van der Waals surface area contributed by atoms with Gasteiger partial charge in [0.1, 0.15) is 18.2 Å². The number of nitrogens with zero attached hydrogens (tertiary/aromatic N) is 2. The fourth-order valence-electron chi connectivity index (χ4n) is 8.62. The maximum Gasteiger partial charge on any atom is 0.141 e. The van der Waals surface area contributed by atoms with E-state index in [1.165, 1.54) is 72.3 Å². The Balaban J connectivity index is 1.34. The molecule has 1 atom stereocenters. The zero-order chi connectivity index (χ0) is 29.7. The molecular formula is C42H30N2O. The number of para-hydroxylation sites is 3. The molecule has 0 N–H and O–H groups in total. The van der Waals surface area contributed by atoms with Crippen molar-refractivity contribution in [2.45, 2.75) is 31.9 Å². The number of benzene rings is 6. The van der Waals surface area contributed by atoms with E-state index in [9.17, 15) is 0 Å². The molecule has 1 aromatic heterocycles. The second-order valence-corrected chi connectivity index (χ2v) is 12.5. The Morgan fingerprint density at radius 3 is 2.07 bits per heavy atom. The molecule has 0 radical (unpaired) electrons. The van der Waals surface area contributed by atoms with Gasteiger partial charge in [-0.2, -0.15) is 0 Å². The molecular weight excluding hydrogens is 548 g/mol. The molecule has 2 heterocycles. The van der Waals surface area contributed by atoms with E-state index >= 15 is 0 Å². The Morgan fingerprint density at radius 1 is 0.600 bits per heavy atom. The molecule has 3 nitrogen and oxygen atoms in total. The molecule has 10 rings (SSSR count). The lowest BCUT2D eigenvalue weighted by molar-refractivity contribution is 0.302. The predicted octanol–water partition coefficient (Wildman–Crippen LogP) is 10.0. The van der Waals surface area contributed by atoms with Gasteiger partial charge in [-0.3, -0.25) is 0 Å². The lowest BCUT2D eigenvalue weighted by atomic mass is 9.70. The van der Waals surface area contributed by atoms with Gasteiger partial charge in [-0.15, -0.1) is 0 Å². The fraction of sp³-hybridized carbons (Fsp3) is 0.119. The van der Waals surface area contributed by atoms with Crippen LogP contribution in [0.1, 0.15) is 41.2 Å². The van der Waals surface area contributed by atoms with Gasteiger partial charge in [-0.05, 0) is 74.7 Å². The number of hydrogen-bond donors (Lipinski definition) is 0. The number of imidazole rings is 1. The summed E-state index contributed by atoms with van der Waals surface area (Å²) in [5.74, 6) is 2.01. The molecule has 214 valence electrons. The highest BCUT2D eigenvalue weighted by atomic mass is 16.5. The molecule has 0 amide bonds. The van der Waals surface area contributed by atoms with Gasteiger partial charge < -0.3 is 9.30 Å². The van der Waals surface area contributed by atoms with Crippen molar-refractivity contribution < 1.29 is 4.74 Å². The zero-order valence-electron chi connectivity index (χ0n) is 25.0. The number of aryl methyl sites for hydroxylation is 1. The molecule has 1 unspecified atom stereocenters. The topological polar surface area (TPSA) is 27.1 Å². The Hall–Kier alpha value is -5.41. The van der Waals surface area contributed by atoms with E-state index < -0.39 is 5.41 Å². The van der Waals surface area contributed by atoms with Crippen LogP contribution < -0.4 is 4.74 Å². The van der Waals surface area contributed by atoms with Gasteiger partial charge in [0.2, 0.25) is 0 Å². The van der Waals surface area contributed by atoms with Gasteiger partial charge in [0.15, 0.2) is 0 Å². The number of fused-ring (bicyclic) bond motifs is 15. The first-order valence-corrected chi connectivity index (χ1v) is 16.0. The summed E-state index contributed by atoms with van der Waals surface area (Å²) in [5, 5.41) is 0. The van der Waals surface area contributed by atoms with Crippen molar-refractivity contribution in [3.05, 3.63) is 155 Å². The molecule has 1 spiro atoms. The molecule has 2 aliphatic carbocycles. The van der Waals surface area contributed by atoms with E-state index in [-0.39, 0.29) is 0 Å². The van der Waals surface area contributed by atoms with Crippen LogP contribution in [0.15, 0.2) is 127 Å². The summed E-state index contributed by atoms with van der Waals surface area (Å²) in [6, 6.07) is 46.8. The monoisotopic (exact) mass is 578 g/mol. The Kier molecular flexibility index (Phi) is 5.03. The van der Waals surface area contributed by atoms with Gasteiger partial charge in [0, 0.05) is 23.2 Å². The van der Waals surface area contributed by atoms with Crippen LogP contribution in [0.4, 0.5) is 0 Å². The largest absolute Gasteiger partial charge is 0.488 e. The van der Waals surface area contributed by atoms with E-state index in [0.29, 0.717) is 6.61 Å². The highest BCUT2D eigenvalue weighted by Crippen LogP contribution is 2.65. The maximum atomic E-state index is 6.24. The van der Waals surface area contributed by atoms with Crippen LogP contribution in [0.2, 0.25) is 0 Å². The van der Waals surface area contributed by atoms with Crippen molar-refractivity contribution in [3.63, 3.8) is 0 Å². The fourth-order valence-corrected chi connectivity index (χ4v) is 8.62. The van der Waals surface area contributed by atoms with E-state index in [1.807, 2.05) is 0 Å². The quantitative estimate of drug-likeness (QED) is 0.209. The minimum atomic E-state index is -0.433. The first-order valence-electron chi connectivity index (χ1n) is 16.0. The van der Waals surface area contributed by atoms with E-state index in [2.05, 4.69) is 139 Å². The van der Waals surface area contributed by atoms with Crippen molar-refractivity contribution >= 4 is 11.0 Å². The number of aromatic nitrogens is 2. The van der Waals surface area contributed by atoms with E-state index in [1.54, 1.807) is 0 Å². The van der Waals surface area contributed by atoms with Crippen molar-refractivity contribution in [1.82, 2.24) is 9.55 Å². The number of rotatable bonds is 3. The third-order valence-electron chi connectivity index (χ3n) is 10.2. The van der Waals surface area contributed by atoms with Gasteiger partial charge in [-0.1, -0.05) is 116 Å². The van der Waals surface area contributed by atoms with Crippen molar-refractivity contribution in [1.29, 1.82) is 0 Å². The lowest BCUT2D eigenvalue weighted by Crippen LogP contribution is -2.26. The first kappa shape index (κ1) is 25.0. The van der Waals surface area contributed by atoms with Gasteiger partial charge in [0.05, 0.1) is 16.4 Å². The second kappa shape index (κ2) is 9.06. The van der Waals surface area contributed by atoms with Crippen LogP contribution in [0.3, 0.4) is 0 Å². The highest BCUT2D eigenvalue weighted by molar-refractivity contribution is 6.04. The Bertz CT molecular complexity index is 2360. The van der Waals surface area contributed by atoms with Crippen LogP contribution in [0, 0.1) is 0 Å². The first-order chi connectivity index (χ1) is 22.3. The second-order valence-electron chi connectivity index (χ2n) is 12.5. The molecule has 0 bridgehead atoms. The molecule has 0 saturated heterocycles. The Labute approximate surface area is 262 Å². The van der Waals surface area contributed by atoms with Crippen LogP contribution >= 0.6 is 0 Å². The van der Waals surface area contributed by atoms with Crippen molar-refractivity contribution in [2.75, 3.05) is 0 Å². The summed E-state index contributed by atoms with van der Waals surface area (Å²) in [7, 11) is 0. The van der Waals surface area contributed by atoms with Crippen LogP contribution in [0.5, 0.6) is 5.75 Å². The zero-order valence-corrected chi connectivity index (χ0v) is 25.0. The third kappa shape index (κ3) is 3.08. The Morgan fingerprint density at radius 2 is 1.24 bits per heavy atom. The summed E-state index contributed by atoms with van der Waals surface area (Å²) >= 11 is 0. The minimum absolute atomic E-state index is 0.433. The van der Waals surface area contributed by atoms with E-state index in [4.69, 9.17) is 9.72 Å². The van der Waals surface area contributed by atoms with Crippen LogP contribution in [0.25, 0.3) is 55.8 Å². The summed E-state index contributed by atoms with van der Waals surface area (Å²) in [6.07, 6.45) is 1.04. The average molecular weight is 579 g/mol. The molecule has 0 fully saturated rings. The normalized spacial score (nSPS) is 16.5. The predicted molar refractivity (Wildman–Crippen MR) is 182 cm³/mol.